The molecule has 138 valence electrons. The highest BCUT2D eigenvalue weighted by Gasteiger charge is 2.26. The fourth-order valence-corrected chi connectivity index (χ4v) is 2.25. The molecule has 8 heteroatoms. The normalized spacial score (nSPS) is 18.3. The molecule has 0 spiro atoms. The van der Waals surface area contributed by atoms with E-state index in [0.29, 0.717) is 13.0 Å². The maximum atomic E-state index is 12.2. The number of nitrogens with one attached hydrogen (secondary N) is 2. The molecule has 1 rings (SSSR count). The van der Waals surface area contributed by atoms with Gasteiger partial charge >= 0.3 is 6.09 Å². The van der Waals surface area contributed by atoms with Gasteiger partial charge in [0.15, 0.2) is 0 Å². The zero-order chi connectivity index (χ0) is 18.2. The molecule has 24 heavy (non-hydrogen) atoms. The molecule has 1 heterocycles. The molecule has 2 N–H and O–H groups in total. The molecule has 0 radical (unpaired) electrons. The Labute approximate surface area is 143 Å². The summed E-state index contributed by atoms with van der Waals surface area (Å²) < 4.78 is 10.3. The first kappa shape index (κ1) is 20.2. The van der Waals surface area contributed by atoms with Gasteiger partial charge in [-0.1, -0.05) is 0 Å². The number of nitrogens with zero attached hydrogens (tertiary/aromatic N) is 1. The lowest BCUT2D eigenvalue weighted by molar-refractivity contribution is -0.129. The van der Waals surface area contributed by atoms with Crippen LogP contribution in [0.3, 0.4) is 0 Å². The Bertz CT molecular complexity index is 447. The second-order valence-corrected chi connectivity index (χ2v) is 6.80. The van der Waals surface area contributed by atoms with Gasteiger partial charge in [-0.2, -0.15) is 0 Å². The summed E-state index contributed by atoms with van der Waals surface area (Å²) in [5.74, 6) is -0.569. The molecule has 1 aliphatic rings. The summed E-state index contributed by atoms with van der Waals surface area (Å²) in [5, 5.41) is 5.45. The van der Waals surface area contributed by atoms with E-state index in [1.165, 1.54) is 12.0 Å². The van der Waals surface area contributed by atoms with E-state index in [1.807, 2.05) is 0 Å². The van der Waals surface area contributed by atoms with Crippen molar-refractivity contribution in [2.45, 2.75) is 51.7 Å². The molecule has 8 nitrogen and oxygen atoms in total. The first-order valence-electron chi connectivity index (χ1n) is 8.27. The SMILES string of the molecule is COCCN(CC(=O)NC1CCCCNC1=O)C(=O)OC(C)(C)C. The van der Waals surface area contributed by atoms with E-state index in [4.69, 9.17) is 9.47 Å². The van der Waals surface area contributed by atoms with Crippen molar-refractivity contribution in [2.24, 2.45) is 0 Å². The van der Waals surface area contributed by atoms with Gasteiger partial charge < -0.3 is 20.1 Å². The quantitative estimate of drug-likeness (QED) is 0.738. The van der Waals surface area contributed by atoms with Crippen molar-refractivity contribution in [3.05, 3.63) is 0 Å². The molecule has 1 atom stereocenters. The molecule has 0 saturated carbocycles. The van der Waals surface area contributed by atoms with Gasteiger partial charge in [-0.3, -0.25) is 14.5 Å². The van der Waals surface area contributed by atoms with Gasteiger partial charge in [-0.25, -0.2) is 4.79 Å². The summed E-state index contributed by atoms with van der Waals surface area (Å²) in [6, 6.07) is -0.553. The van der Waals surface area contributed by atoms with Gasteiger partial charge in [0.05, 0.1) is 6.61 Å². The van der Waals surface area contributed by atoms with Crippen LogP contribution in [-0.2, 0) is 19.1 Å². The average Bonchev–Trinajstić information content (AvgIpc) is 2.66. The highest BCUT2D eigenvalue weighted by atomic mass is 16.6. The third kappa shape index (κ3) is 7.63. The molecule has 0 bridgehead atoms. The fourth-order valence-electron chi connectivity index (χ4n) is 2.25. The lowest BCUT2D eigenvalue weighted by atomic mass is 10.1. The van der Waals surface area contributed by atoms with Gasteiger partial charge in [0, 0.05) is 20.2 Å². The molecule has 1 fully saturated rings. The minimum atomic E-state index is -0.653. The van der Waals surface area contributed by atoms with E-state index in [2.05, 4.69) is 10.6 Å². The molecule has 0 aliphatic carbocycles. The van der Waals surface area contributed by atoms with Crippen molar-refractivity contribution in [3.63, 3.8) is 0 Å². The highest BCUT2D eigenvalue weighted by Crippen LogP contribution is 2.10. The molecule has 0 aromatic heterocycles. The van der Waals surface area contributed by atoms with E-state index >= 15 is 0 Å². The monoisotopic (exact) mass is 343 g/mol. The minimum absolute atomic E-state index is 0.179. The smallest absolute Gasteiger partial charge is 0.410 e. The van der Waals surface area contributed by atoms with Crippen LogP contribution in [0.4, 0.5) is 4.79 Å². The Kier molecular flexibility index (Phi) is 7.97. The number of rotatable bonds is 6. The third-order valence-corrected chi connectivity index (χ3v) is 3.42. The van der Waals surface area contributed by atoms with Crippen molar-refractivity contribution in [3.8, 4) is 0 Å². The average molecular weight is 343 g/mol. The first-order valence-corrected chi connectivity index (χ1v) is 8.27. The second kappa shape index (κ2) is 9.46. The Balaban J connectivity index is 2.62. The van der Waals surface area contributed by atoms with Crippen molar-refractivity contribution in [2.75, 3.05) is 33.4 Å². The Morgan fingerprint density at radius 1 is 1.33 bits per heavy atom. The van der Waals surface area contributed by atoms with E-state index in [9.17, 15) is 14.4 Å². The van der Waals surface area contributed by atoms with Gasteiger partial charge in [-0.05, 0) is 40.0 Å². The summed E-state index contributed by atoms with van der Waals surface area (Å²) in [4.78, 5) is 37.6. The number of methoxy groups -OCH3 is 1. The zero-order valence-corrected chi connectivity index (χ0v) is 15.0. The predicted octanol–water partition coefficient (Wildman–Crippen LogP) is 0.655. The Morgan fingerprint density at radius 3 is 2.67 bits per heavy atom. The van der Waals surface area contributed by atoms with Crippen LogP contribution >= 0.6 is 0 Å². The number of carbonyl (C=O) groups excluding carboxylic acids is 3. The predicted molar refractivity (Wildman–Crippen MR) is 88.5 cm³/mol. The Hall–Kier alpha value is -1.83. The summed E-state index contributed by atoms with van der Waals surface area (Å²) >= 11 is 0. The maximum Gasteiger partial charge on any atom is 0.410 e. The third-order valence-electron chi connectivity index (χ3n) is 3.42. The van der Waals surface area contributed by atoms with Crippen molar-refractivity contribution < 1.29 is 23.9 Å². The van der Waals surface area contributed by atoms with Crippen LogP contribution in [0.2, 0.25) is 0 Å². The van der Waals surface area contributed by atoms with Crippen LogP contribution in [0, 0.1) is 0 Å². The largest absolute Gasteiger partial charge is 0.444 e. The van der Waals surface area contributed by atoms with E-state index in [-0.39, 0.29) is 31.5 Å². The lowest BCUT2D eigenvalue weighted by Crippen LogP contribution is -2.50. The maximum absolute atomic E-state index is 12.2. The van der Waals surface area contributed by atoms with Crippen LogP contribution in [0.15, 0.2) is 0 Å². The topological polar surface area (TPSA) is 97.0 Å². The highest BCUT2D eigenvalue weighted by molar-refractivity contribution is 5.89. The summed E-state index contributed by atoms with van der Waals surface area (Å²) in [6.07, 6.45) is 1.78. The number of ether oxygens (including phenoxy) is 2. The van der Waals surface area contributed by atoms with E-state index in [1.54, 1.807) is 20.8 Å². The number of hydrogen-bond acceptors (Lipinski definition) is 5. The van der Waals surface area contributed by atoms with E-state index in [0.717, 1.165) is 12.8 Å². The summed E-state index contributed by atoms with van der Waals surface area (Å²) in [6.45, 7) is 6.25. The van der Waals surface area contributed by atoms with Crippen LogP contribution in [0.25, 0.3) is 0 Å². The molecule has 3 amide bonds. The van der Waals surface area contributed by atoms with Crippen LogP contribution in [-0.4, -0.2) is 67.8 Å². The van der Waals surface area contributed by atoms with Crippen LogP contribution in [0.5, 0.6) is 0 Å². The molecular formula is C16H29N3O5. The van der Waals surface area contributed by atoms with Crippen LogP contribution in [0.1, 0.15) is 40.0 Å². The Morgan fingerprint density at radius 2 is 2.04 bits per heavy atom. The molecular weight excluding hydrogens is 314 g/mol. The first-order chi connectivity index (χ1) is 11.2. The summed E-state index contributed by atoms with van der Waals surface area (Å²) in [7, 11) is 1.52. The van der Waals surface area contributed by atoms with Gasteiger partial charge in [-0.15, -0.1) is 0 Å². The second-order valence-electron chi connectivity index (χ2n) is 6.80. The van der Waals surface area contributed by atoms with Crippen molar-refractivity contribution in [1.82, 2.24) is 15.5 Å². The molecule has 1 saturated heterocycles. The van der Waals surface area contributed by atoms with Crippen LogP contribution < -0.4 is 10.6 Å². The number of hydrogen-bond donors (Lipinski definition) is 2. The minimum Gasteiger partial charge on any atom is -0.444 e. The van der Waals surface area contributed by atoms with Crippen molar-refractivity contribution >= 4 is 17.9 Å². The van der Waals surface area contributed by atoms with Gasteiger partial charge in [0.25, 0.3) is 0 Å². The molecule has 0 aromatic carbocycles. The zero-order valence-electron chi connectivity index (χ0n) is 15.0. The van der Waals surface area contributed by atoms with Crippen molar-refractivity contribution in [1.29, 1.82) is 0 Å². The van der Waals surface area contributed by atoms with Gasteiger partial charge in [0.1, 0.15) is 18.2 Å². The standard InChI is InChI=1S/C16H29N3O5/c1-16(2,3)24-15(22)19(9-10-23-4)11-13(20)18-12-7-5-6-8-17-14(12)21/h12H,5-11H2,1-4H3,(H,17,21)(H,18,20). The summed E-state index contributed by atoms with van der Waals surface area (Å²) in [5.41, 5.74) is -0.653. The lowest BCUT2D eigenvalue weighted by Gasteiger charge is -2.27. The molecule has 0 aromatic rings. The number of carbonyl (C=O) groups is 3. The number of amides is 3. The van der Waals surface area contributed by atoms with E-state index < -0.39 is 17.7 Å². The molecule has 1 unspecified atom stereocenters. The fraction of sp³-hybridized carbons (Fsp3) is 0.812. The molecule has 1 aliphatic heterocycles. The van der Waals surface area contributed by atoms with Gasteiger partial charge in [0.2, 0.25) is 11.8 Å².